The molecule has 3 saturated heterocycles. The van der Waals surface area contributed by atoms with Crippen molar-refractivity contribution >= 4 is 10.0 Å². The normalized spacial score (nSPS) is 25.1. The van der Waals surface area contributed by atoms with E-state index in [2.05, 4.69) is 15.7 Å². The molecule has 176 valence electrons. The van der Waals surface area contributed by atoms with Gasteiger partial charge in [-0.3, -0.25) is 9.58 Å². The zero-order valence-electron chi connectivity index (χ0n) is 19.4. The fourth-order valence-corrected chi connectivity index (χ4v) is 6.34. The van der Waals surface area contributed by atoms with Gasteiger partial charge in [-0.05, 0) is 56.0 Å². The Hall–Kier alpha value is -2.10. The SMILES string of the molecule is CCCS(=O)(=O)NCC1CC2CCN1CC2c1cc(-c2ccc(OC)c(OC)c2)nn1C. The Balaban J connectivity index is 1.49. The summed E-state index contributed by atoms with van der Waals surface area (Å²) in [5, 5.41) is 4.79. The highest BCUT2D eigenvalue weighted by molar-refractivity contribution is 7.89. The molecule has 3 fully saturated rings. The van der Waals surface area contributed by atoms with Gasteiger partial charge < -0.3 is 9.47 Å². The van der Waals surface area contributed by atoms with Crippen LogP contribution in [0.25, 0.3) is 11.3 Å². The largest absolute Gasteiger partial charge is 0.493 e. The van der Waals surface area contributed by atoms with Crippen LogP contribution in [-0.4, -0.2) is 68.7 Å². The van der Waals surface area contributed by atoms with Crippen molar-refractivity contribution in [3.63, 3.8) is 0 Å². The van der Waals surface area contributed by atoms with Crippen molar-refractivity contribution < 1.29 is 17.9 Å². The smallest absolute Gasteiger partial charge is 0.211 e. The quantitative estimate of drug-likeness (QED) is 0.617. The van der Waals surface area contributed by atoms with Gasteiger partial charge in [0.25, 0.3) is 0 Å². The molecule has 2 aromatic rings. The van der Waals surface area contributed by atoms with Gasteiger partial charge in [0.2, 0.25) is 10.0 Å². The van der Waals surface area contributed by atoms with Gasteiger partial charge >= 0.3 is 0 Å². The number of fused-ring (bicyclic) bond motifs is 3. The zero-order valence-corrected chi connectivity index (χ0v) is 20.2. The number of aromatic nitrogens is 2. The molecule has 8 nitrogen and oxygen atoms in total. The summed E-state index contributed by atoms with van der Waals surface area (Å²) in [7, 11) is 2.11. The topological polar surface area (TPSA) is 85.7 Å². The molecule has 4 atom stereocenters. The van der Waals surface area contributed by atoms with Crippen molar-refractivity contribution in [1.82, 2.24) is 19.4 Å². The number of piperidine rings is 3. The molecule has 9 heteroatoms. The summed E-state index contributed by atoms with van der Waals surface area (Å²) >= 11 is 0. The first-order valence-corrected chi connectivity index (χ1v) is 13.0. The van der Waals surface area contributed by atoms with Crippen molar-refractivity contribution in [3.8, 4) is 22.8 Å². The van der Waals surface area contributed by atoms with Crippen molar-refractivity contribution in [1.29, 1.82) is 0 Å². The van der Waals surface area contributed by atoms with E-state index in [-0.39, 0.29) is 11.8 Å². The second-order valence-corrected chi connectivity index (χ2v) is 10.8. The molecule has 4 heterocycles. The van der Waals surface area contributed by atoms with E-state index < -0.39 is 10.0 Å². The molecule has 3 aliphatic rings. The third-order valence-corrected chi connectivity index (χ3v) is 8.42. The summed E-state index contributed by atoms with van der Waals surface area (Å²) < 4.78 is 39.8. The number of nitrogens with zero attached hydrogens (tertiary/aromatic N) is 3. The number of sulfonamides is 1. The third-order valence-electron chi connectivity index (χ3n) is 6.87. The molecule has 0 aliphatic carbocycles. The Morgan fingerprint density at radius 1 is 1.19 bits per heavy atom. The maximum absolute atomic E-state index is 12.1. The number of aryl methyl sites for hydroxylation is 1. The minimum atomic E-state index is -3.17. The van der Waals surface area contributed by atoms with Gasteiger partial charge in [-0.1, -0.05) is 6.92 Å². The van der Waals surface area contributed by atoms with Crippen LogP contribution in [0.1, 0.15) is 37.8 Å². The van der Waals surface area contributed by atoms with E-state index in [1.165, 1.54) is 5.69 Å². The van der Waals surface area contributed by atoms with Gasteiger partial charge in [0.15, 0.2) is 11.5 Å². The van der Waals surface area contributed by atoms with Crippen LogP contribution in [0.15, 0.2) is 24.3 Å². The third kappa shape index (κ3) is 4.65. The number of nitrogens with one attached hydrogen (secondary N) is 1. The minimum Gasteiger partial charge on any atom is -0.493 e. The van der Waals surface area contributed by atoms with Crippen LogP contribution >= 0.6 is 0 Å². The van der Waals surface area contributed by atoms with E-state index in [0.717, 1.165) is 37.2 Å². The van der Waals surface area contributed by atoms with Crippen molar-refractivity contribution in [2.24, 2.45) is 13.0 Å². The molecule has 2 bridgehead atoms. The summed E-state index contributed by atoms with van der Waals surface area (Å²) in [6.45, 7) is 4.37. The second-order valence-electron chi connectivity index (χ2n) is 8.85. The monoisotopic (exact) mass is 462 g/mol. The van der Waals surface area contributed by atoms with Gasteiger partial charge in [-0.25, -0.2) is 13.1 Å². The Kier molecular flexibility index (Phi) is 6.78. The molecule has 0 radical (unpaired) electrons. The predicted molar refractivity (Wildman–Crippen MR) is 125 cm³/mol. The van der Waals surface area contributed by atoms with Gasteiger partial charge in [-0.15, -0.1) is 0 Å². The molecule has 4 unspecified atom stereocenters. The lowest BCUT2D eigenvalue weighted by molar-refractivity contribution is 0.0306. The summed E-state index contributed by atoms with van der Waals surface area (Å²) in [4.78, 5) is 2.45. The number of hydrogen-bond acceptors (Lipinski definition) is 6. The lowest BCUT2D eigenvalue weighted by Crippen LogP contribution is -2.56. The fourth-order valence-electron chi connectivity index (χ4n) is 5.21. The summed E-state index contributed by atoms with van der Waals surface area (Å²) in [5.41, 5.74) is 3.15. The van der Waals surface area contributed by atoms with E-state index in [1.54, 1.807) is 14.2 Å². The van der Waals surface area contributed by atoms with Gasteiger partial charge in [0.1, 0.15) is 0 Å². The van der Waals surface area contributed by atoms with Crippen molar-refractivity contribution in [2.75, 3.05) is 39.6 Å². The Labute approximate surface area is 190 Å². The molecule has 0 spiro atoms. The first kappa shape index (κ1) is 23.1. The number of hydrogen-bond donors (Lipinski definition) is 1. The summed E-state index contributed by atoms with van der Waals surface area (Å²) in [6, 6.07) is 8.32. The van der Waals surface area contributed by atoms with Crippen LogP contribution in [0.3, 0.4) is 0 Å². The molecule has 5 rings (SSSR count). The first-order chi connectivity index (χ1) is 15.3. The predicted octanol–water partition coefficient (Wildman–Crippen LogP) is 2.61. The molecule has 1 N–H and O–H groups in total. The second kappa shape index (κ2) is 9.41. The highest BCUT2D eigenvalue weighted by atomic mass is 32.2. The van der Waals surface area contributed by atoms with E-state index in [1.807, 2.05) is 36.9 Å². The lowest BCUT2D eigenvalue weighted by atomic mass is 9.74. The van der Waals surface area contributed by atoms with Crippen LogP contribution in [-0.2, 0) is 17.1 Å². The van der Waals surface area contributed by atoms with Crippen LogP contribution < -0.4 is 14.2 Å². The number of benzene rings is 1. The summed E-state index contributed by atoms with van der Waals surface area (Å²) in [6.07, 6.45) is 2.78. The molecule has 1 aromatic heterocycles. The maximum Gasteiger partial charge on any atom is 0.211 e. The average Bonchev–Trinajstić information content (AvgIpc) is 3.19. The van der Waals surface area contributed by atoms with E-state index in [4.69, 9.17) is 14.6 Å². The van der Waals surface area contributed by atoms with Gasteiger partial charge in [0, 0.05) is 43.4 Å². The standard InChI is InChI=1S/C23H34N4O4S/c1-5-10-32(28,29)24-14-18-11-16-8-9-27(18)15-19(16)21-13-20(25-26(21)2)17-6-7-22(30-3)23(12-17)31-4/h6-7,12-13,16,18-19,24H,5,8-11,14-15H2,1-4H3. The number of ether oxygens (including phenoxy) is 2. The Morgan fingerprint density at radius 3 is 2.62 bits per heavy atom. The van der Waals surface area contributed by atoms with Crippen LogP contribution in [0.2, 0.25) is 0 Å². The lowest BCUT2D eigenvalue weighted by Gasteiger charge is -2.49. The first-order valence-electron chi connectivity index (χ1n) is 11.3. The Morgan fingerprint density at radius 2 is 1.97 bits per heavy atom. The summed E-state index contributed by atoms with van der Waals surface area (Å²) in [5.74, 6) is 2.52. The van der Waals surface area contributed by atoms with Crippen LogP contribution in [0, 0.1) is 5.92 Å². The molecule has 32 heavy (non-hydrogen) atoms. The Bertz CT molecular complexity index is 1050. The number of methoxy groups -OCH3 is 2. The van der Waals surface area contributed by atoms with E-state index in [9.17, 15) is 8.42 Å². The highest BCUT2D eigenvalue weighted by Gasteiger charge is 2.42. The average molecular weight is 463 g/mol. The van der Waals surface area contributed by atoms with E-state index in [0.29, 0.717) is 36.3 Å². The fraction of sp³-hybridized carbons (Fsp3) is 0.609. The zero-order chi connectivity index (χ0) is 22.9. The van der Waals surface area contributed by atoms with Crippen molar-refractivity contribution in [3.05, 3.63) is 30.0 Å². The molecule has 0 amide bonds. The highest BCUT2D eigenvalue weighted by Crippen LogP contribution is 2.42. The minimum absolute atomic E-state index is 0.194. The molecular formula is C23H34N4O4S. The molecule has 0 saturated carbocycles. The number of rotatable bonds is 9. The molecular weight excluding hydrogens is 428 g/mol. The van der Waals surface area contributed by atoms with Crippen LogP contribution in [0.5, 0.6) is 11.5 Å². The van der Waals surface area contributed by atoms with Crippen molar-refractivity contribution in [2.45, 2.75) is 38.1 Å². The van der Waals surface area contributed by atoms with Crippen LogP contribution in [0.4, 0.5) is 0 Å². The van der Waals surface area contributed by atoms with Gasteiger partial charge in [0.05, 0.1) is 25.7 Å². The molecule has 3 aliphatic heterocycles. The molecule has 1 aromatic carbocycles. The van der Waals surface area contributed by atoms with E-state index >= 15 is 0 Å². The maximum atomic E-state index is 12.1. The van der Waals surface area contributed by atoms with Gasteiger partial charge in [-0.2, -0.15) is 5.10 Å².